The van der Waals surface area contributed by atoms with Crippen molar-refractivity contribution in [1.29, 1.82) is 0 Å². The molecule has 0 bridgehead atoms. The molecular weight excluding hydrogens is 302 g/mol. The number of fused-ring (bicyclic) bond motifs is 2. The SMILES string of the molecule is O=C(NCC1CCCC1O)C1c2ccccc2Oc2ccccc21. The molecule has 1 saturated carbocycles. The molecule has 2 N–H and O–H groups in total. The van der Waals surface area contributed by atoms with Gasteiger partial charge < -0.3 is 15.2 Å². The topological polar surface area (TPSA) is 58.6 Å². The van der Waals surface area contributed by atoms with Crippen LogP contribution in [0.3, 0.4) is 0 Å². The highest BCUT2D eigenvalue weighted by molar-refractivity contribution is 5.89. The van der Waals surface area contributed by atoms with E-state index in [-0.39, 0.29) is 23.8 Å². The van der Waals surface area contributed by atoms with Crippen molar-refractivity contribution in [2.75, 3.05) is 6.54 Å². The molecule has 2 aromatic carbocycles. The Morgan fingerprint density at radius 2 is 1.67 bits per heavy atom. The van der Waals surface area contributed by atoms with E-state index in [2.05, 4.69) is 5.32 Å². The second-order valence-electron chi connectivity index (χ2n) is 6.61. The zero-order chi connectivity index (χ0) is 16.5. The number of hydrogen-bond acceptors (Lipinski definition) is 3. The quantitative estimate of drug-likeness (QED) is 0.912. The predicted octanol–water partition coefficient (Wildman–Crippen LogP) is 3.20. The molecule has 24 heavy (non-hydrogen) atoms. The number of benzene rings is 2. The van der Waals surface area contributed by atoms with Crippen LogP contribution in [0.5, 0.6) is 11.5 Å². The lowest BCUT2D eigenvalue weighted by Gasteiger charge is -2.28. The van der Waals surface area contributed by atoms with Gasteiger partial charge in [-0.15, -0.1) is 0 Å². The highest BCUT2D eigenvalue weighted by atomic mass is 16.5. The van der Waals surface area contributed by atoms with Gasteiger partial charge in [0.05, 0.1) is 12.0 Å². The number of aliphatic hydroxyl groups is 1. The molecule has 1 fully saturated rings. The van der Waals surface area contributed by atoms with Gasteiger partial charge in [0.15, 0.2) is 0 Å². The molecule has 2 aliphatic rings. The minimum Gasteiger partial charge on any atom is -0.457 e. The number of carbonyl (C=O) groups is 1. The number of hydrogen-bond donors (Lipinski definition) is 2. The predicted molar refractivity (Wildman–Crippen MR) is 91.2 cm³/mol. The standard InChI is InChI=1S/C20H21NO3/c22-16-9-5-6-13(16)12-21-20(23)19-14-7-1-3-10-17(14)24-18-11-4-2-8-15(18)19/h1-4,7-8,10-11,13,16,19,22H,5-6,9,12H2,(H,21,23). The molecule has 2 atom stereocenters. The Hall–Kier alpha value is -2.33. The normalized spacial score (nSPS) is 22.4. The summed E-state index contributed by atoms with van der Waals surface area (Å²) in [5, 5.41) is 13.0. The second kappa shape index (κ2) is 6.29. The number of nitrogens with one attached hydrogen (secondary N) is 1. The van der Waals surface area contributed by atoms with Crippen molar-refractivity contribution in [1.82, 2.24) is 5.32 Å². The van der Waals surface area contributed by atoms with E-state index in [1.165, 1.54) is 0 Å². The van der Waals surface area contributed by atoms with E-state index in [1.807, 2.05) is 48.5 Å². The van der Waals surface area contributed by atoms with Crippen LogP contribution in [-0.4, -0.2) is 23.7 Å². The Morgan fingerprint density at radius 3 is 2.25 bits per heavy atom. The fraction of sp³-hybridized carbons (Fsp3) is 0.350. The largest absolute Gasteiger partial charge is 0.457 e. The number of carbonyl (C=O) groups excluding carboxylic acids is 1. The van der Waals surface area contributed by atoms with Gasteiger partial charge in [0, 0.05) is 23.6 Å². The van der Waals surface area contributed by atoms with Crippen molar-refractivity contribution in [3.63, 3.8) is 0 Å². The Labute approximate surface area is 141 Å². The Balaban J connectivity index is 1.60. The molecule has 124 valence electrons. The maximum absolute atomic E-state index is 12.9. The molecule has 4 heteroatoms. The van der Waals surface area contributed by atoms with Crippen LogP contribution < -0.4 is 10.1 Å². The molecule has 0 radical (unpaired) electrons. The molecule has 2 unspecified atom stereocenters. The van der Waals surface area contributed by atoms with Crippen molar-refractivity contribution in [2.24, 2.45) is 5.92 Å². The first kappa shape index (κ1) is 15.2. The Kier molecular flexibility index (Phi) is 3.98. The van der Waals surface area contributed by atoms with Crippen LogP contribution in [0.25, 0.3) is 0 Å². The first-order valence-corrected chi connectivity index (χ1v) is 8.55. The highest BCUT2D eigenvalue weighted by Crippen LogP contribution is 2.43. The van der Waals surface area contributed by atoms with E-state index in [1.54, 1.807) is 0 Å². The van der Waals surface area contributed by atoms with E-state index >= 15 is 0 Å². The van der Waals surface area contributed by atoms with Crippen molar-refractivity contribution in [2.45, 2.75) is 31.3 Å². The average molecular weight is 323 g/mol. The molecule has 0 spiro atoms. The van der Waals surface area contributed by atoms with E-state index in [0.29, 0.717) is 6.54 Å². The van der Waals surface area contributed by atoms with Crippen LogP contribution in [0, 0.1) is 5.92 Å². The number of rotatable bonds is 3. The Morgan fingerprint density at radius 1 is 1.04 bits per heavy atom. The minimum atomic E-state index is -0.371. The summed E-state index contributed by atoms with van der Waals surface area (Å²) >= 11 is 0. The van der Waals surface area contributed by atoms with Gasteiger partial charge in [-0.25, -0.2) is 0 Å². The molecule has 1 heterocycles. The third-order valence-electron chi connectivity index (χ3n) is 5.10. The van der Waals surface area contributed by atoms with Gasteiger partial charge in [0.1, 0.15) is 11.5 Å². The molecule has 4 rings (SSSR count). The lowest BCUT2D eigenvalue weighted by atomic mass is 9.87. The van der Waals surface area contributed by atoms with Gasteiger partial charge in [-0.05, 0) is 25.0 Å². The summed E-state index contributed by atoms with van der Waals surface area (Å²) < 4.78 is 5.93. The summed E-state index contributed by atoms with van der Waals surface area (Å²) in [5.41, 5.74) is 1.78. The molecule has 1 aliphatic carbocycles. The fourth-order valence-electron chi connectivity index (χ4n) is 3.78. The number of para-hydroxylation sites is 2. The first-order chi connectivity index (χ1) is 11.7. The smallest absolute Gasteiger partial charge is 0.232 e. The van der Waals surface area contributed by atoms with E-state index in [0.717, 1.165) is 41.9 Å². The summed E-state index contributed by atoms with van der Waals surface area (Å²) in [4.78, 5) is 12.9. The minimum absolute atomic E-state index is 0.0303. The van der Waals surface area contributed by atoms with Gasteiger partial charge in [0.25, 0.3) is 0 Å². The third kappa shape index (κ3) is 2.67. The molecule has 1 amide bonds. The van der Waals surface area contributed by atoms with Gasteiger partial charge in [-0.1, -0.05) is 42.8 Å². The second-order valence-corrected chi connectivity index (χ2v) is 6.61. The third-order valence-corrected chi connectivity index (χ3v) is 5.10. The summed E-state index contributed by atoms with van der Waals surface area (Å²) in [5.74, 6) is 1.23. The van der Waals surface area contributed by atoms with Crippen molar-refractivity contribution in [3.05, 3.63) is 59.7 Å². The van der Waals surface area contributed by atoms with E-state index < -0.39 is 0 Å². The number of amides is 1. The summed E-state index contributed by atoms with van der Waals surface area (Å²) in [6, 6.07) is 15.4. The molecule has 0 aromatic heterocycles. The van der Waals surface area contributed by atoms with Crippen molar-refractivity contribution < 1.29 is 14.6 Å². The van der Waals surface area contributed by atoms with Gasteiger partial charge in [-0.3, -0.25) is 4.79 Å². The summed E-state index contributed by atoms with van der Waals surface area (Å²) in [6.45, 7) is 0.529. The molecule has 2 aromatic rings. The van der Waals surface area contributed by atoms with Crippen LogP contribution in [-0.2, 0) is 4.79 Å². The first-order valence-electron chi connectivity index (χ1n) is 8.55. The molecule has 1 aliphatic heterocycles. The van der Waals surface area contributed by atoms with E-state index in [9.17, 15) is 9.90 Å². The van der Waals surface area contributed by atoms with Crippen LogP contribution in [0.1, 0.15) is 36.3 Å². The van der Waals surface area contributed by atoms with Gasteiger partial charge >= 0.3 is 0 Å². The zero-order valence-electron chi connectivity index (χ0n) is 13.4. The van der Waals surface area contributed by atoms with Gasteiger partial charge in [-0.2, -0.15) is 0 Å². The van der Waals surface area contributed by atoms with Crippen molar-refractivity contribution >= 4 is 5.91 Å². The summed E-state index contributed by atoms with van der Waals surface area (Å²) in [6.07, 6.45) is 2.55. The maximum atomic E-state index is 12.9. The molecular formula is C20H21NO3. The van der Waals surface area contributed by atoms with Gasteiger partial charge in [0.2, 0.25) is 5.91 Å². The van der Waals surface area contributed by atoms with E-state index in [4.69, 9.17) is 4.74 Å². The molecule has 0 saturated heterocycles. The van der Waals surface area contributed by atoms with Crippen LogP contribution in [0.2, 0.25) is 0 Å². The molecule has 4 nitrogen and oxygen atoms in total. The van der Waals surface area contributed by atoms with Crippen molar-refractivity contribution in [3.8, 4) is 11.5 Å². The highest BCUT2D eigenvalue weighted by Gasteiger charge is 2.33. The fourth-order valence-corrected chi connectivity index (χ4v) is 3.78. The van der Waals surface area contributed by atoms with Crippen LogP contribution in [0.4, 0.5) is 0 Å². The lowest BCUT2D eigenvalue weighted by molar-refractivity contribution is -0.122. The zero-order valence-corrected chi connectivity index (χ0v) is 13.4. The number of aliphatic hydroxyl groups excluding tert-OH is 1. The monoisotopic (exact) mass is 323 g/mol. The maximum Gasteiger partial charge on any atom is 0.232 e. The number of ether oxygens (including phenoxy) is 1. The lowest BCUT2D eigenvalue weighted by Crippen LogP contribution is -2.36. The Bertz CT molecular complexity index is 713. The van der Waals surface area contributed by atoms with Crippen LogP contribution in [0.15, 0.2) is 48.5 Å². The van der Waals surface area contributed by atoms with Crippen LogP contribution >= 0.6 is 0 Å². The average Bonchev–Trinajstić information content (AvgIpc) is 3.02. The summed E-state index contributed by atoms with van der Waals surface area (Å²) in [7, 11) is 0.